The van der Waals surface area contributed by atoms with Crippen molar-refractivity contribution in [1.82, 2.24) is 5.32 Å². The minimum absolute atomic E-state index is 0.0253. The summed E-state index contributed by atoms with van der Waals surface area (Å²) in [5.74, 6) is 0.0000126. The van der Waals surface area contributed by atoms with Gasteiger partial charge in [0, 0.05) is 6.07 Å². The highest BCUT2D eigenvalue weighted by Crippen LogP contribution is 2.27. The van der Waals surface area contributed by atoms with Crippen LogP contribution in [0.1, 0.15) is 5.56 Å². The van der Waals surface area contributed by atoms with Crippen LogP contribution >= 0.6 is 12.2 Å². The molecule has 130 valence electrons. The number of phenolic OH excluding ortho intramolecular Hbond substituents is 1. The van der Waals surface area contributed by atoms with E-state index < -0.39 is 4.92 Å². The average Bonchev–Trinajstić information content (AvgIpc) is 2.57. The van der Waals surface area contributed by atoms with Gasteiger partial charge in [-0.05, 0) is 36.0 Å². The Kier molecular flexibility index (Phi) is 5.85. The lowest BCUT2D eigenvalue weighted by molar-refractivity contribution is -0.384. The maximum Gasteiger partial charge on any atom is 0.273 e. The molecule has 0 unspecified atom stereocenters. The van der Waals surface area contributed by atoms with E-state index in [0.717, 1.165) is 11.6 Å². The van der Waals surface area contributed by atoms with E-state index in [0.29, 0.717) is 5.75 Å². The van der Waals surface area contributed by atoms with Gasteiger partial charge in [0.15, 0.2) is 5.11 Å². The lowest BCUT2D eigenvalue weighted by atomic mass is 10.1. The van der Waals surface area contributed by atoms with Gasteiger partial charge in [0.25, 0.3) is 5.69 Å². The number of nitrogens with zero attached hydrogens (tertiary/aromatic N) is 1. The molecule has 0 bridgehead atoms. The first-order valence-electron chi connectivity index (χ1n) is 7.10. The molecule has 1 amide bonds. The van der Waals surface area contributed by atoms with Crippen LogP contribution in [-0.4, -0.2) is 28.2 Å². The number of rotatable bonds is 5. The summed E-state index contributed by atoms with van der Waals surface area (Å²) in [6.45, 7) is 0. The summed E-state index contributed by atoms with van der Waals surface area (Å²) in [7, 11) is 1.55. The predicted octanol–water partition coefficient (Wildman–Crippen LogP) is 2.36. The number of non-ortho nitro benzene ring substituents is 1. The topological polar surface area (TPSA) is 114 Å². The van der Waals surface area contributed by atoms with Crippen LogP contribution in [0.5, 0.6) is 11.5 Å². The van der Waals surface area contributed by atoms with E-state index >= 15 is 0 Å². The number of aromatic hydroxyl groups is 1. The van der Waals surface area contributed by atoms with Gasteiger partial charge in [0.1, 0.15) is 11.5 Å². The molecule has 0 fully saturated rings. The van der Waals surface area contributed by atoms with E-state index in [1.807, 2.05) is 0 Å². The van der Waals surface area contributed by atoms with Crippen molar-refractivity contribution >= 4 is 34.6 Å². The number of carbonyl (C=O) groups is 1. The van der Waals surface area contributed by atoms with Crippen molar-refractivity contribution < 1.29 is 19.6 Å². The van der Waals surface area contributed by atoms with Crippen molar-refractivity contribution in [3.63, 3.8) is 0 Å². The summed E-state index contributed by atoms with van der Waals surface area (Å²) in [5.41, 5.74) is 0.678. The van der Waals surface area contributed by atoms with Gasteiger partial charge in [0.05, 0.1) is 30.2 Å². The molecule has 0 saturated carbocycles. The highest BCUT2D eigenvalue weighted by atomic mass is 32.1. The van der Waals surface area contributed by atoms with Crippen LogP contribution in [0.15, 0.2) is 42.5 Å². The fraction of sp³-hybridized carbons (Fsp3) is 0.125. The highest BCUT2D eigenvalue weighted by molar-refractivity contribution is 7.80. The van der Waals surface area contributed by atoms with E-state index in [4.69, 9.17) is 17.0 Å². The maximum absolute atomic E-state index is 12.0. The standard InChI is InChI=1S/C16H15N3O5S/c1-24-12-5-2-10(3-6-12)8-15(21)18-16(25)17-13-7-4-11(19(22)23)9-14(13)20/h2-7,9,20H,8H2,1H3,(H2,17,18,21,25). The fourth-order valence-electron chi connectivity index (χ4n) is 1.99. The van der Waals surface area contributed by atoms with Crippen molar-refractivity contribution in [3.05, 3.63) is 58.1 Å². The van der Waals surface area contributed by atoms with Gasteiger partial charge < -0.3 is 20.5 Å². The van der Waals surface area contributed by atoms with Gasteiger partial charge in [-0.15, -0.1) is 0 Å². The normalized spacial score (nSPS) is 9.96. The largest absolute Gasteiger partial charge is 0.506 e. The number of thiocarbonyl (C=S) groups is 1. The second-order valence-corrected chi connectivity index (χ2v) is 5.39. The van der Waals surface area contributed by atoms with Crippen molar-refractivity contribution in [2.45, 2.75) is 6.42 Å². The van der Waals surface area contributed by atoms with Crippen LogP contribution in [-0.2, 0) is 11.2 Å². The third kappa shape index (κ3) is 5.15. The monoisotopic (exact) mass is 361 g/mol. The van der Waals surface area contributed by atoms with Crippen LogP contribution in [0.2, 0.25) is 0 Å². The van der Waals surface area contributed by atoms with Crippen molar-refractivity contribution in [3.8, 4) is 11.5 Å². The Labute approximate surface area is 148 Å². The third-order valence-corrected chi connectivity index (χ3v) is 3.42. The zero-order valence-corrected chi connectivity index (χ0v) is 14.0. The Balaban J connectivity index is 1.92. The molecule has 0 heterocycles. The van der Waals surface area contributed by atoms with Crippen LogP contribution < -0.4 is 15.4 Å². The van der Waals surface area contributed by atoms with Crippen LogP contribution in [0.25, 0.3) is 0 Å². The first kappa shape index (κ1) is 18.1. The number of nitrogens with one attached hydrogen (secondary N) is 2. The number of phenols is 1. The maximum atomic E-state index is 12.0. The summed E-state index contributed by atoms with van der Waals surface area (Å²) in [6, 6.07) is 10.5. The SMILES string of the molecule is COc1ccc(CC(=O)NC(=S)Nc2ccc([N+](=O)[O-])cc2O)cc1. The minimum atomic E-state index is -0.627. The Morgan fingerprint density at radius 3 is 2.52 bits per heavy atom. The number of nitro benzene ring substituents is 1. The van der Waals surface area contributed by atoms with E-state index in [1.54, 1.807) is 31.4 Å². The molecule has 0 radical (unpaired) electrons. The molecule has 2 rings (SSSR count). The number of nitro groups is 1. The Hall–Kier alpha value is -3.20. The Morgan fingerprint density at radius 1 is 1.28 bits per heavy atom. The summed E-state index contributed by atoms with van der Waals surface area (Å²) in [4.78, 5) is 22.0. The minimum Gasteiger partial charge on any atom is -0.506 e. The summed E-state index contributed by atoms with van der Waals surface area (Å²) >= 11 is 5.00. The molecular weight excluding hydrogens is 346 g/mol. The molecule has 9 heteroatoms. The number of benzene rings is 2. The molecule has 8 nitrogen and oxygen atoms in total. The van der Waals surface area contributed by atoms with E-state index in [9.17, 15) is 20.0 Å². The van der Waals surface area contributed by atoms with Crippen molar-refractivity contribution in [1.29, 1.82) is 0 Å². The number of hydrogen-bond acceptors (Lipinski definition) is 6. The number of hydrogen-bond donors (Lipinski definition) is 3. The lowest BCUT2D eigenvalue weighted by Crippen LogP contribution is -2.35. The number of anilines is 1. The predicted molar refractivity (Wildman–Crippen MR) is 95.8 cm³/mol. The molecule has 0 aromatic heterocycles. The average molecular weight is 361 g/mol. The van der Waals surface area contributed by atoms with Gasteiger partial charge >= 0.3 is 0 Å². The zero-order chi connectivity index (χ0) is 18.4. The van der Waals surface area contributed by atoms with Gasteiger partial charge in [-0.1, -0.05) is 12.1 Å². The molecule has 3 N–H and O–H groups in total. The van der Waals surface area contributed by atoms with Crippen molar-refractivity contribution in [2.24, 2.45) is 0 Å². The third-order valence-electron chi connectivity index (χ3n) is 3.22. The van der Waals surface area contributed by atoms with Crippen molar-refractivity contribution in [2.75, 3.05) is 12.4 Å². The molecular formula is C16H15N3O5S. The molecule has 0 aliphatic heterocycles. The van der Waals surface area contributed by atoms with Crippen LogP contribution in [0, 0.1) is 10.1 Å². The van der Waals surface area contributed by atoms with E-state index in [2.05, 4.69) is 10.6 Å². The molecule has 0 aliphatic rings. The van der Waals surface area contributed by atoms with Gasteiger partial charge in [-0.2, -0.15) is 0 Å². The van der Waals surface area contributed by atoms with E-state index in [1.165, 1.54) is 12.1 Å². The summed E-state index contributed by atoms with van der Waals surface area (Å²) in [5, 5.41) is 25.5. The quantitative estimate of drug-likeness (QED) is 0.324. The first-order valence-corrected chi connectivity index (χ1v) is 7.51. The molecule has 0 aliphatic carbocycles. The van der Waals surface area contributed by atoms with Crippen LogP contribution in [0.4, 0.5) is 11.4 Å². The molecule has 2 aromatic carbocycles. The smallest absolute Gasteiger partial charge is 0.273 e. The molecule has 0 saturated heterocycles. The second-order valence-electron chi connectivity index (χ2n) is 4.99. The molecule has 0 atom stereocenters. The number of ether oxygens (including phenoxy) is 1. The van der Waals surface area contributed by atoms with Gasteiger partial charge in [0.2, 0.25) is 5.91 Å². The molecule has 2 aromatic rings. The second kappa shape index (κ2) is 8.06. The first-order chi connectivity index (χ1) is 11.9. The number of carbonyl (C=O) groups excluding carboxylic acids is 1. The number of methoxy groups -OCH3 is 1. The van der Waals surface area contributed by atoms with Gasteiger partial charge in [-0.3, -0.25) is 14.9 Å². The molecule has 0 spiro atoms. The van der Waals surface area contributed by atoms with Crippen LogP contribution in [0.3, 0.4) is 0 Å². The zero-order valence-electron chi connectivity index (χ0n) is 13.2. The Morgan fingerprint density at radius 2 is 1.96 bits per heavy atom. The number of amides is 1. The highest BCUT2D eigenvalue weighted by Gasteiger charge is 2.12. The summed E-state index contributed by atoms with van der Waals surface area (Å²) < 4.78 is 5.04. The molecule has 25 heavy (non-hydrogen) atoms. The van der Waals surface area contributed by atoms with E-state index in [-0.39, 0.29) is 34.6 Å². The fourth-order valence-corrected chi connectivity index (χ4v) is 2.22. The lowest BCUT2D eigenvalue weighted by Gasteiger charge is -2.11. The van der Waals surface area contributed by atoms with Gasteiger partial charge in [-0.25, -0.2) is 0 Å². The Bertz CT molecular complexity index is 808. The summed E-state index contributed by atoms with van der Waals surface area (Å²) in [6.07, 6.45) is 0.109.